The van der Waals surface area contributed by atoms with E-state index in [9.17, 15) is 4.79 Å². The lowest BCUT2D eigenvalue weighted by Crippen LogP contribution is -2.15. The van der Waals surface area contributed by atoms with Gasteiger partial charge in [0.05, 0.1) is 11.4 Å². The van der Waals surface area contributed by atoms with Crippen LogP contribution in [0.4, 0.5) is 0 Å². The van der Waals surface area contributed by atoms with Gasteiger partial charge in [0.25, 0.3) is 0 Å². The highest BCUT2D eigenvalue weighted by Gasteiger charge is 2.17. The van der Waals surface area contributed by atoms with Crippen molar-refractivity contribution in [1.82, 2.24) is 9.78 Å². The summed E-state index contributed by atoms with van der Waals surface area (Å²) < 4.78 is 12.9. The van der Waals surface area contributed by atoms with Crippen molar-refractivity contribution in [2.45, 2.75) is 26.7 Å². The minimum Gasteiger partial charge on any atom is -0.486 e. The second-order valence-electron chi connectivity index (χ2n) is 5.28. The first-order valence-electron chi connectivity index (χ1n) is 7.23. The molecule has 116 valence electrons. The Morgan fingerprint density at radius 1 is 1.27 bits per heavy atom. The van der Waals surface area contributed by atoms with Crippen LogP contribution in [0.15, 0.2) is 18.2 Å². The number of benzene rings is 1. The maximum absolute atomic E-state index is 10.8. The summed E-state index contributed by atoms with van der Waals surface area (Å²) in [6.45, 7) is 4.95. The van der Waals surface area contributed by atoms with Gasteiger partial charge in [-0.25, -0.2) is 4.68 Å². The van der Waals surface area contributed by atoms with Crippen LogP contribution in [0.2, 0.25) is 0 Å². The molecule has 0 amide bonds. The predicted molar refractivity (Wildman–Crippen MR) is 80.0 cm³/mol. The average molecular weight is 302 g/mol. The lowest BCUT2D eigenvalue weighted by molar-refractivity contribution is -0.136. The molecule has 0 aliphatic carbocycles. The quantitative estimate of drug-likeness (QED) is 0.938. The lowest BCUT2D eigenvalue weighted by atomic mass is 10.1. The number of ether oxygens (including phenoxy) is 2. The summed E-state index contributed by atoms with van der Waals surface area (Å²) >= 11 is 0. The first kappa shape index (κ1) is 14.4. The van der Waals surface area contributed by atoms with Gasteiger partial charge in [-0.15, -0.1) is 0 Å². The van der Waals surface area contributed by atoms with Crippen LogP contribution in [0.5, 0.6) is 11.5 Å². The number of carboxylic acid groups (broad SMARTS) is 1. The second-order valence-corrected chi connectivity index (χ2v) is 5.28. The zero-order valence-electron chi connectivity index (χ0n) is 12.6. The smallest absolute Gasteiger partial charge is 0.303 e. The SMILES string of the molecule is Cc1nn(-c2ccc3c(c2)OCCO3)c(C)c1CCC(=O)O. The molecule has 0 fully saturated rings. The highest BCUT2D eigenvalue weighted by Crippen LogP contribution is 2.32. The van der Waals surface area contributed by atoms with E-state index in [2.05, 4.69) is 5.10 Å². The van der Waals surface area contributed by atoms with E-state index in [0.29, 0.717) is 25.4 Å². The van der Waals surface area contributed by atoms with Gasteiger partial charge in [0.2, 0.25) is 0 Å². The molecule has 0 saturated heterocycles. The molecular formula is C16H18N2O4. The number of nitrogens with zero attached hydrogens (tertiary/aromatic N) is 2. The van der Waals surface area contributed by atoms with Crippen molar-refractivity contribution >= 4 is 5.97 Å². The fourth-order valence-corrected chi connectivity index (χ4v) is 2.68. The minimum absolute atomic E-state index is 0.106. The van der Waals surface area contributed by atoms with Gasteiger partial charge in [-0.1, -0.05) is 0 Å². The maximum Gasteiger partial charge on any atom is 0.303 e. The maximum atomic E-state index is 10.8. The number of hydrogen-bond acceptors (Lipinski definition) is 4. The molecule has 6 nitrogen and oxygen atoms in total. The minimum atomic E-state index is -0.800. The molecule has 6 heteroatoms. The molecule has 2 heterocycles. The summed E-state index contributed by atoms with van der Waals surface area (Å²) in [5.41, 5.74) is 3.67. The Morgan fingerprint density at radius 2 is 2.00 bits per heavy atom. The summed E-state index contributed by atoms with van der Waals surface area (Å²) in [6, 6.07) is 5.69. The Hall–Kier alpha value is -2.50. The van der Waals surface area contributed by atoms with E-state index < -0.39 is 5.97 Å². The highest BCUT2D eigenvalue weighted by atomic mass is 16.6. The van der Waals surface area contributed by atoms with Gasteiger partial charge in [0.1, 0.15) is 13.2 Å². The van der Waals surface area contributed by atoms with Crippen molar-refractivity contribution in [3.63, 3.8) is 0 Å². The molecule has 1 aliphatic heterocycles. The van der Waals surface area contributed by atoms with Crippen LogP contribution in [-0.4, -0.2) is 34.1 Å². The third-order valence-corrected chi connectivity index (χ3v) is 3.80. The van der Waals surface area contributed by atoms with Gasteiger partial charge in [0.15, 0.2) is 11.5 Å². The molecule has 1 aliphatic rings. The van der Waals surface area contributed by atoms with E-state index in [-0.39, 0.29) is 6.42 Å². The van der Waals surface area contributed by atoms with Crippen LogP contribution in [0.25, 0.3) is 5.69 Å². The van der Waals surface area contributed by atoms with Crippen molar-refractivity contribution < 1.29 is 19.4 Å². The zero-order chi connectivity index (χ0) is 15.7. The average Bonchev–Trinajstić information content (AvgIpc) is 2.79. The Balaban J connectivity index is 1.95. The van der Waals surface area contributed by atoms with Gasteiger partial charge < -0.3 is 14.6 Å². The summed E-state index contributed by atoms with van der Waals surface area (Å²) in [7, 11) is 0. The molecule has 2 aromatic rings. The zero-order valence-corrected chi connectivity index (χ0v) is 12.6. The van der Waals surface area contributed by atoms with Gasteiger partial charge in [0, 0.05) is 18.2 Å². The normalized spacial score (nSPS) is 13.2. The van der Waals surface area contributed by atoms with Crippen LogP contribution in [-0.2, 0) is 11.2 Å². The first-order valence-corrected chi connectivity index (χ1v) is 7.23. The van der Waals surface area contributed by atoms with E-state index >= 15 is 0 Å². The molecule has 22 heavy (non-hydrogen) atoms. The third-order valence-electron chi connectivity index (χ3n) is 3.80. The Morgan fingerprint density at radius 3 is 2.73 bits per heavy atom. The van der Waals surface area contributed by atoms with E-state index in [1.807, 2.05) is 36.7 Å². The summed E-state index contributed by atoms with van der Waals surface area (Å²) in [5, 5.41) is 13.4. The molecule has 0 saturated carbocycles. The molecule has 1 N–H and O–H groups in total. The number of carbonyl (C=O) groups is 1. The lowest BCUT2D eigenvalue weighted by Gasteiger charge is -2.19. The van der Waals surface area contributed by atoms with E-state index in [0.717, 1.165) is 28.4 Å². The van der Waals surface area contributed by atoms with Gasteiger partial charge in [-0.2, -0.15) is 5.10 Å². The number of aromatic nitrogens is 2. The Labute approximate surface area is 128 Å². The van der Waals surface area contributed by atoms with Crippen LogP contribution in [0.3, 0.4) is 0 Å². The van der Waals surface area contributed by atoms with Crippen molar-refractivity contribution in [3.05, 3.63) is 35.2 Å². The van der Waals surface area contributed by atoms with Crippen molar-refractivity contribution in [2.24, 2.45) is 0 Å². The fourth-order valence-electron chi connectivity index (χ4n) is 2.68. The van der Waals surface area contributed by atoms with Gasteiger partial charge in [-0.05, 0) is 38.0 Å². The molecule has 0 atom stereocenters. The van der Waals surface area contributed by atoms with E-state index in [4.69, 9.17) is 14.6 Å². The monoisotopic (exact) mass is 302 g/mol. The Kier molecular flexibility index (Phi) is 3.75. The van der Waals surface area contributed by atoms with Crippen molar-refractivity contribution in [3.8, 4) is 17.2 Å². The number of carboxylic acids is 1. The summed E-state index contributed by atoms with van der Waals surface area (Å²) in [4.78, 5) is 10.8. The van der Waals surface area contributed by atoms with Crippen LogP contribution in [0.1, 0.15) is 23.4 Å². The van der Waals surface area contributed by atoms with E-state index in [1.54, 1.807) is 0 Å². The number of aryl methyl sites for hydroxylation is 1. The van der Waals surface area contributed by atoms with E-state index in [1.165, 1.54) is 0 Å². The van der Waals surface area contributed by atoms with Gasteiger partial charge in [-0.3, -0.25) is 4.79 Å². The third kappa shape index (κ3) is 2.64. The molecule has 1 aromatic heterocycles. The molecule has 0 bridgehead atoms. The van der Waals surface area contributed by atoms with Crippen molar-refractivity contribution in [2.75, 3.05) is 13.2 Å². The second kappa shape index (κ2) is 5.71. The number of fused-ring (bicyclic) bond motifs is 1. The Bertz CT molecular complexity index is 721. The van der Waals surface area contributed by atoms with Crippen molar-refractivity contribution in [1.29, 1.82) is 0 Å². The number of aliphatic carboxylic acids is 1. The molecular weight excluding hydrogens is 284 g/mol. The summed E-state index contributed by atoms with van der Waals surface area (Å²) in [6.07, 6.45) is 0.589. The van der Waals surface area contributed by atoms with Gasteiger partial charge >= 0.3 is 5.97 Å². The molecule has 0 radical (unpaired) electrons. The molecule has 0 unspecified atom stereocenters. The summed E-state index contributed by atoms with van der Waals surface area (Å²) in [5.74, 6) is 0.650. The molecule has 3 rings (SSSR count). The topological polar surface area (TPSA) is 73.6 Å². The largest absolute Gasteiger partial charge is 0.486 e. The number of hydrogen-bond donors (Lipinski definition) is 1. The first-order chi connectivity index (χ1) is 10.6. The highest BCUT2D eigenvalue weighted by molar-refractivity contribution is 5.67. The van der Waals surface area contributed by atoms with Crippen LogP contribution < -0.4 is 9.47 Å². The fraction of sp³-hybridized carbons (Fsp3) is 0.375. The number of rotatable bonds is 4. The molecule has 1 aromatic carbocycles. The van der Waals surface area contributed by atoms with Crippen LogP contribution in [0, 0.1) is 13.8 Å². The molecule has 0 spiro atoms. The standard InChI is InChI=1S/C16H18N2O4/c1-10-13(4-6-16(19)20)11(2)18(17-10)12-3-5-14-15(9-12)22-8-7-21-14/h3,5,9H,4,6-8H2,1-2H3,(H,19,20). The van der Waals surface area contributed by atoms with Crippen LogP contribution >= 0.6 is 0 Å². The predicted octanol–water partition coefficient (Wildman–Crippen LogP) is 2.28.